The summed E-state index contributed by atoms with van der Waals surface area (Å²) in [7, 11) is 0. The number of aliphatic carboxylic acids is 1. The van der Waals surface area contributed by atoms with E-state index in [1.807, 2.05) is 0 Å². The number of hydrogen-bond donors (Lipinski definition) is 2. The summed E-state index contributed by atoms with van der Waals surface area (Å²) in [5.74, 6) is -7.87. The highest BCUT2D eigenvalue weighted by Gasteiger charge is 2.58. The summed E-state index contributed by atoms with van der Waals surface area (Å²) in [4.78, 5) is 10.5. The molecule has 0 aliphatic rings. The van der Waals surface area contributed by atoms with E-state index in [1.54, 1.807) is 0 Å². The van der Waals surface area contributed by atoms with Crippen molar-refractivity contribution in [3.63, 3.8) is 0 Å². The van der Waals surface area contributed by atoms with Gasteiger partial charge >= 0.3 is 18.5 Å². The van der Waals surface area contributed by atoms with E-state index in [0.29, 0.717) is 6.92 Å². The summed E-state index contributed by atoms with van der Waals surface area (Å²) in [5.41, 5.74) is -3.95. The number of alkyl halides is 4. The summed E-state index contributed by atoms with van der Waals surface area (Å²) in [6, 6.07) is 4.21. The van der Waals surface area contributed by atoms with Crippen LogP contribution in [-0.2, 0) is 10.4 Å². The highest BCUT2D eigenvalue weighted by atomic mass is 19.3. The molecule has 4 nitrogen and oxygen atoms in total. The molecule has 0 aromatic heterocycles. The molecule has 0 heterocycles. The third-order valence-corrected chi connectivity index (χ3v) is 2.51. The highest BCUT2D eigenvalue weighted by Crippen LogP contribution is 2.41. The van der Waals surface area contributed by atoms with E-state index in [4.69, 9.17) is 5.11 Å². The average Bonchev–Trinajstić information content (AvgIpc) is 2.28. The maximum Gasteiger partial charge on any atom is 0.387 e. The Kier molecular flexibility index (Phi) is 4.04. The molecule has 1 aromatic carbocycles. The first kappa shape index (κ1) is 15.2. The fourth-order valence-corrected chi connectivity index (χ4v) is 1.44. The number of hydrogen-bond acceptors (Lipinski definition) is 3. The number of carbonyl (C=O) groups is 1. The van der Waals surface area contributed by atoms with Crippen LogP contribution in [0.4, 0.5) is 17.6 Å². The van der Waals surface area contributed by atoms with Crippen molar-refractivity contribution < 1.29 is 37.3 Å². The number of ether oxygens (including phenoxy) is 1. The van der Waals surface area contributed by atoms with E-state index in [-0.39, 0.29) is 0 Å². The van der Waals surface area contributed by atoms with Crippen molar-refractivity contribution in [2.75, 3.05) is 0 Å². The number of carboxylic acids is 1. The Hall–Kier alpha value is -1.83. The molecule has 19 heavy (non-hydrogen) atoms. The average molecular weight is 282 g/mol. The molecule has 0 radical (unpaired) electrons. The predicted molar refractivity (Wildman–Crippen MR) is 55.2 cm³/mol. The van der Waals surface area contributed by atoms with Gasteiger partial charge in [0.25, 0.3) is 0 Å². The van der Waals surface area contributed by atoms with Crippen molar-refractivity contribution in [2.45, 2.75) is 25.1 Å². The van der Waals surface area contributed by atoms with Gasteiger partial charge in [-0.25, -0.2) is 4.79 Å². The lowest BCUT2D eigenvalue weighted by Crippen LogP contribution is -2.49. The van der Waals surface area contributed by atoms with Gasteiger partial charge < -0.3 is 14.9 Å². The lowest BCUT2D eigenvalue weighted by molar-refractivity contribution is -0.207. The minimum absolute atomic E-state index is 0.509. The summed E-state index contributed by atoms with van der Waals surface area (Å²) in [5, 5.41) is 18.1. The standard InChI is InChI=1S/C11H10F4O4/c1-10(18,11(14,15)8(16)17)6-4-2-3-5-7(6)19-9(12)13/h2-5,9,18H,1H3,(H,16,17). The van der Waals surface area contributed by atoms with Crippen LogP contribution in [0.25, 0.3) is 0 Å². The number of halogens is 4. The van der Waals surface area contributed by atoms with Gasteiger partial charge in [0.2, 0.25) is 0 Å². The van der Waals surface area contributed by atoms with Gasteiger partial charge in [-0.1, -0.05) is 18.2 Å². The van der Waals surface area contributed by atoms with Crippen LogP contribution in [-0.4, -0.2) is 28.7 Å². The number of rotatable bonds is 5. The molecule has 0 amide bonds. The zero-order valence-electron chi connectivity index (χ0n) is 9.61. The molecule has 1 rings (SSSR count). The molecule has 2 N–H and O–H groups in total. The Morgan fingerprint density at radius 1 is 1.32 bits per heavy atom. The molecular formula is C11H10F4O4. The van der Waals surface area contributed by atoms with Gasteiger partial charge in [-0.3, -0.25) is 0 Å². The molecule has 1 aromatic rings. The molecule has 0 spiro atoms. The van der Waals surface area contributed by atoms with Crippen molar-refractivity contribution in [3.05, 3.63) is 29.8 Å². The minimum Gasteiger partial charge on any atom is -0.477 e. The first-order chi connectivity index (χ1) is 8.60. The maximum absolute atomic E-state index is 13.4. The predicted octanol–water partition coefficient (Wildman–Crippen LogP) is 2.22. The highest BCUT2D eigenvalue weighted by molar-refractivity contribution is 5.77. The van der Waals surface area contributed by atoms with Crippen LogP contribution in [0.1, 0.15) is 12.5 Å². The Bertz CT molecular complexity index is 474. The first-order valence-corrected chi connectivity index (χ1v) is 4.98. The van der Waals surface area contributed by atoms with Gasteiger partial charge in [0, 0.05) is 5.56 Å². The molecule has 1 atom stereocenters. The molecule has 0 bridgehead atoms. The van der Waals surface area contributed by atoms with Crippen molar-refractivity contribution in [2.24, 2.45) is 0 Å². The normalized spacial score (nSPS) is 15.1. The molecule has 0 saturated carbocycles. The zero-order valence-corrected chi connectivity index (χ0v) is 9.61. The van der Waals surface area contributed by atoms with Gasteiger partial charge in [0.05, 0.1) is 0 Å². The molecule has 106 valence electrons. The second-order valence-corrected chi connectivity index (χ2v) is 3.83. The van der Waals surface area contributed by atoms with Crippen molar-refractivity contribution in [3.8, 4) is 5.75 Å². The van der Waals surface area contributed by atoms with Gasteiger partial charge in [0.15, 0.2) is 5.60 Å². The lowest BCUT2D eigenvalue weighted by Gasteiger charge is -2.30. The summed E-state index contributed by atoms with van der Waals surface area (Å²) in [6.07, 6.45) is 0. The third-order valence-electron chi connectivity index (χ3n) is 2.51. The van der Waals surface area contributed by atoms with E-state index < -0.39 is 35.4 Å². The molecule has 1 unspecified atom stereocenters. The van der Waals surface area contributed by atoms with Crippen LogP contribution in [0.2, 0.25) is 0 Å². The van der Waals surface area contributed by atoms with Gasteiger partial charge in [-0.2, -0.15) is 17.6 Å². The molecule has 0 aliphatic heterocycles. The summed E-state index contributed by atoms with van der Waals surface area (Å²) >= 11 is 0. The number of aliphatic hydroxyl groups is 1. The van der Waals surface area contributed by atoms with Crippen LogP contribution in [0, 0.1) is 0 Å². The molecule has 0 saturated heterocycles. The van der Waals surface area contributed by atoms with Gasteiger partial charge in [-0.05, 0) is 13.0 Å². The fraction of sp³-hybridized carbons (Fsp3) is 0.364. The van der Waals surface area contributed by atoms with Crippen molar-refractivity contribution in [1.29, 1.82) is 0 Å². The molecular weight excluding hydrogens is 272 g/mol. The quantitative estimate of drug-likeness (QED) is 0.813. The van der Waals surface area contributed by atoms with Crippen LogP contribution >= 0.6 is 0 Å². The van der Waals surface area contributed by atoms with E-state index in [9.17, 15) is 27.5 Å². The van der Waals surface area contributed by atoms with Crippen LogP contribution in [0.5, 0.6) is 5.75 Å². The zero-order chi connectivity index (χ0) is 14.8. The van der Waals surface area contributed by atoms with Crippen molar-refractivity contribution >= 4 is 5.97 Å². The number of benzene rings is 1. The Morgan fingerprint density at radius 2 is 1.84 bits per heavy atom. The maximum atomic E-state index is 13.4. The van der Waals surface area contributed by atoms with Gasteiger partial charge in [-0.15, -0.1) is 0 Å². The van der Waals surface area contributed by atoms with E-state index >= 15 is 0 Å². The van der Waals surface area contributed by atoms with Crippen LogP contribution in [0.3, 0.4) is 0 Å². The Labute approximate surface area is 105 Å². The summed E-state index contributed by atoms with van der Waals surface area (Å²) in [6.45, 7) is -2.79. The molecule has 8 heteroatoms. The fourth-order valence-electron chi connectivity index (χ4n) is 1.44. The van der Waals surface area contributed by atoms with Crippen LogP contribution in [0.15, 0.2) is 24.3 Å². The topological polar surface area (TPSA) is 66.8 Å². The number of para-hydroxylation sites is 1. The second kappa shape index (κ2) is 5.04. The minimum atomic E-state index is -4.57. The largest absolute Gasteiger partial charge is 0.477 e. The van der Waals surface area contributed by atoms with Crippen molar-refractivity contribution in [1.82, 2.24) is 0 Å². The SMILES string of the molecule is CC(O)(c1ccccc1OC(F)F)C(F)(F)C(=O)O. The molecule has 0 aliphatic carbocycles. The second-order valence-electron chi connectivity index (χ2n) is 3.83. The van der Waals surface area contributed by atoms with E-state index in [1.165, 1.54) is 12.1 Å². The monoisotopic (exact) mass is 282 g/mol. The van der Waals surface area contributed by atoms with Gasteiger partial charge in [0.1, 0.15) is 5.75 Å². The van der Waals surface area contributed by atoms with E-state index in [2.05, 4.69) is 4.74 Å². The molecule has 0 fully saturated rings. The lowest BCUT2D eigenvalue weighted by atomic mass is 9.88. The Morgan fingerprint density at radius 3 is 2.32 bits per heavy atom. The van der Waals surface area contributed by atoms with Crippen LogP contribution < -0.4 is 4.74 Å². The third kappa shape index (κ3) is 2.78. The summed E-state index contributed by atoms with van der Waals surface area (Å²) < 4.78 is 55.1. The Balaban J connectivity index is 3.32. The number of carboxylic acid groups (broad SMARTS) is 1. The first-order valence-electron chi connectivity index (χ1n) is 4.98. The smallest absolute Gasteiger partial charge is 0.387 e. The van der Waals surface area contributed by atoms with E-state index in [0.717, 1.165) is 12.1 Å².